The molecule has 6 nitrogen and oxygen atoms in total. The maximum Gasteiger partial charge on any atom is 0.246 e. The largest absolute Gasteiger partial charge is 0.343 e. The standard InChI is InChI=1S/C26H35ClN4O2S/c1-16-11-12-19(14-20(16)27)21-15-34-25(29-21)22-10-7-13-31(22)26(33)23(18-8-5-4-6-9-18)30-24(32)17(2)28-3/h11-12,14-15,17-18,22-23,28H,4-10,13H2,1-3H3,(H,30,32)/t17-,22-,23-/m0/s1. The number of aryl methyl sites for hydroxylation is 1. The van der Waals surface area contributed by atoms with Crippen LogP contribution in [0.3, 0.4) is 0 Å². The van der Waals surface area contributed by atoms with E-state index < -0.39 is 6.04 Å². The first-order valence-electron chi connectivity index (χ1n) is 12.4. The fourth-order valence-corrected chi connectivity index (χ4v) is 6.20. The highest BCUT2D eigenvalue weighted by molar-refractivity contribution is 7.10. The second kappa shape index (κ2) is 11.2. The van der Waals surface area contributed by atoms with Gasteiger partial charge in [0, 0.05) is 22.5 Å². The van der Waals surface area contributed by atoms with E-state index in [1.807, 2.05) is 42.3 Å². The predicted octanol–water partition coefficient (Wildman–Crippen LogP) is 5.11. The lowest BCUT2D eigenvalue weighted by Crippen LogP contribution is -2.55. The second-order valence-electron chi connectivity index (χ2n) is 9.62. The van der Waals surface area contributed by atoms with Crippen LogP contribution in [0.25, 0.3) is 11.3 Å². The highest BCUT2D eigenvalue weighted by atomic mass is 35.5. The lowest BCUT2D eigenvalue weighted by Gasteiger charge is -2.35. The quantitative estimate of drug-likeness (QED) is 0.551. The zero-order valence-corrected chi connectivity index (χ0v) is 21.8. The summed E-state index contributed by atoms with van der Waals surface area (Å²) < 4.78 is 0. The first-order valence-corrected chi connectivity index (χ1v) is 13.6. The Labute approximate surface area is 211 Å². The van der Waals surface area contributed by atoms with Crippen molar-refractivity contribution in [1.29, 1.82) is 0 Å². The summed E-state index contributed by atoms with van der Waals surface area (Å²) in [5, 5.41) is 9.82. The van der Waals surface area contributed by atoms with E-state index >= 15 is 0 Å². The third-order valence-corrected chi connectivity index (χ3v) is 8.67. The number of nitrogens with one attached hydrogen (secondary N) is 2. The van der Waals surface area contributed by atoms with E-state index in [1.165, 1.54) is 6.42 Å². The van der Waals surface area contributed by atoms with Gasteiger partial charge in [0.15, 0.2) is 0 Å². The molecule has 2 aliphatic rings. The van der Waals surface area contributed by atoms with Crippen molar-refractivity contribution in [2.24, 2.45) is 5.92 Å². The normalized spacial score (nSPS) is 20.8. The van der Waals surface area contributed by atoms with Crippen LogP contribution in [-0.2, 0) is 9.59 Å². The number of likely N-dealkylation sites (tertiary alicyclic amines) is 1. The minimum atomic E-state index is -0.473. The van der Waals surface area contributed by atoms with Crippen LogP contribution in [0.2, 0.25) is 5.02 Å². The molecular weight excluding hydrogens is 468 g/mol. The first-order chi connectivity index (χ1) is 16.4. The van der Waals surface area contributed by atoms with Crippen LogP contribution < -0.4 is 10.6 Å². The van der Waals surface area contributed by atoms with Gasteiger partial charge in [0.05, 0.1) is 17.8 Å². The topological polar surface area (TPSA) is 74.3 Å². The van der Waals surface area contributed by atoms with E-state index in [9.17, 15) is 9.59 Å². The fourth-order valence-electron chi connectivity index (χ4n) is 5.05. The molecule has 0 unspecified atom stereocenters. The lowest BCUT2D eigenvalue weighted by molar-refractivity contribution is -0.139. The molecule has 2 heterocycles. The Morgan fingerprint density at radius 1 is 1.18 bits per heavy atom. The van der Waals surface area contributed by atoms with Gasteiger partial charge in [-0.15, -0.1) is 11.3 Å². The minimum absolute atomic E-state index is 0.0428. The lowest BCUT2D eigenvalue weighted by atomic mass is 9.83. The van der Waals surface area contributed by atoms with Crippen molar-refractivity contribution in [3.8, 4) is 11.3 Å². The third-order valence-electron chi connectivity index (χ3n) is 7.32. The zero-order chi connectivity index (χ0) is 24.2. The number of halogens is 1. The molecule has 2 fully saturated rings. The molecule has 0 bridgehead atoms. The van der Waals surface area contributed by atoms with Gasteiger partial charge in [0.25, 0.3) is 0 Å². The predicted molar refractivity (Wildman–Crippen MR) is 138 cm³/mol. The summed E-state index contributed by atoms with van der Waals surface area (Å²) in [6, 6.07) is 5.14. The molecule has 2 N–H and O–H groups in total. The Morgan fingerprint density at radius 3 is 2.65 bits per heavy atom. The summed E-state index contributed by atoms with van der Waals surface area (Å²) in [7, 11) is 1.76. The van der Waals surface area contributed by atoms with Crippen LogP contribution in [0.1, 0.15) is 68.5 Å². The van der Waals surface area contributed by atoms with Crippen molar-refractivity contribution >= 4 is 34.8 Å². The number of amides is 2. The second-order valence-corrected chi connectivity index (χ2v) is 10.9. The van der Waals surface area contributed by atoms with Gasteiger partial charge in [-0.05, 0) is 64.1 Å². The molecule has 1 aromatic heterocycles. The molecule has 4 rings (SSSR count). The summed E-state index contributed by atoms with van der Waals surface area (Å²) in [5.74, 6) is 0.119. The number of thiazole rings is 1. The summed E-state index contributed by atoms with van der Waals surface area (Å²) in [6.45, 7) is 4.51. The number of likely N-dealkylation sites (N-methyl/N-ethyl adjacent to an activating group) is 1. The number of rotatable bonds is 7. The summed E-state index contributed by atoms with van der Waals surface area (Å²) >= 11 is 7.93. The number of carbonyl (C=O) groups is 2. The monoisotopic (exact) mass is 502 g/mol. The smallest absolute Gasteiger partial charge is 0.246 e. The Morgan fingerprint density at radius 2 is 1.94 bits per heavy atom. The fraction of sp³-hybridized carbons (Fsp3) is 0.577. The van der Waals surface area contributed by atoms with Gasteiger partial charge >= 0.3 is 0 Å². The van der Waals surface area contributed by atoms with Gasteiger partial charge in [0.2, 0.25) is 11.8 Å². The van der Waals surface area contributed by atoms with Crippen molar-refractivity contribution < 1.29 is 9.59 Å². The summed E-state index contributed by atoms with van der Waals surface area (Å²) in [5.41, 5.74) is 2.92. The van der Waals surface area contributed by atoms with Crippen molar-refractivity contribution in [2.75, 3.05) is 13.6 Å². The number of carbonyl (C=O) groups excluding carboxylic acids is 2. The molecule has 0 spiro atoms. The number of aromatic nitrogens is 1. The molecular formula is C26H35ClN4O2S. The average Bonchev–Trinajstić information content (AvgIpc) is 3.53. The number of nitrogens with zero attached hydrogens (tertiary/aromatic N) is 2. The maximum absolute atomic E-state index is 13.9. The van der Waals surface area contributed by atoms with Crippen molar-refractivity contribution in [3.63, 3.8) is 0 Å². The first kappa shape index (κ1) is 25.1. The molecule has 2 amide bonds. The highest BCUT2D eigenvalue weighted by Gasteiger charge is 2.40. The SMILES string of the molecule is CN[C@@H](C)C(=O)N[C@H](C(=O)N1CCC[C@H]1c1nc(-c2ccc(C)c(Cl)c2)cs1)C1CCCCC1. The molecule has 3 atom stereocenters. The maximum atomic E-state index is 13.9. The molecule has 184 valence electrons. The van der Waals surface area contributed by atoms with Gasteiger partial charge in [-0.1, -0.05) is 43.0 Å². The molecule has 1 aromatic carbocycles. The van der Waals surface area contributed by atoms with Gasteiger partial charge < -0.3 is 15.5 Å². The van der Waals surface area contributed by atoms with Crippen LogP contribution in [0.15, 0.2) is 23.6 Å². The molecule has 2 aromatic rings. The van der Waals surface area contributed by atoms with Crippen LogP contribution >= 0.6 is 22.9 Å². The molecule has 1 saturated heterocycles. The van der Waals surface area contributed by atoms with E-state index in [4.69, 9.17) is 16.6 Å². The Balaban J connectivity index is 1.55. The van der Waals surface area contributed by atoms with Gasteiger partial charge in [0.1, 0.15) is 11.0 Å². The number of benzene rings is 1. The van der Waals surface area contributed by atoms with Crippen molar-refractivity contribution in [1.82, 2.24) is 20.5 Å². The van der Waals surface area contributed by atoms with E-state index in [1.54, 1.807) is 18.4 Å². The molecule has 34 heavy (non-hydrogen) atoms. The van der Waals surface area contributed by atoms with Gasteiger partial charge in [-0.25, -0.2) is 4.98 Å². The van der Waals surface area contributed by atoms with Crippen molar-refractivity contribution in [3.05, 3.63) is 39.2 Å². The van der Waals surface area contributed by atoms with Crippen LogP contribution in [-0.4, -0.2) is 47.4 Å². The number of hydrogen-bond acceptors (Lipinski definition) is 5. The van der Waals surface area contributed by atoms with E-state index in [-0.39, 0.29) is 29.8 Å². The minimum Gasteiger partial charge on any atom is -0.343 e. The van der Waals surface area contributed by atoms with E-state index in [0.717, 1.165) is 65.4 Å². The molecule has 1 saturated carbocycles. The van der Waals surface area contributed by atoms with Gasteiger partial charge in [-0.2, -0.15) is 0 Å². The van der Waals surface area contributed by atoms with Crippen LogP contribution in [0.5, 0.6) is 0 Å². The van der Waals surface area contributed by atoms with E-state index in [0.29, 0.717) is 6.54 Å². The summed E-state index contributed by atoms with van der Waals surface area (Å²) in [4.78, 5) is 33.5. The van der Waals surface area contributed by atoms with Crippen LogP contribution in [0.4, 0.5) is 0 Å². The highest BCUT2D eigenvalue weighted by Crippen LogP contribution is 2.38. The van der Waals surface area contributed by atoms with E-state index in [2.05, 4.69) is 10.6 Å². The Hall–Kier alpha value is -1.96. The molecule has 1 aliphatic carbocycles. The Kier molecular flexibility index (Phi) is 8.27. The van der Waals surface area contributed by atoms with Crippen LogP contribution in [0, 0.1) is 12.8 Å². The molecule has 0 radical (unpaired) electrons. The number of hydrogen-bond donors (Lipinski definition) is 2. The summed E-state index contributed by atoms with van der Waals surface area (Å²) in [6.07, 6.45) is 7.24. The van der Waals surface area contributed by atoms with Crippen molar-refractivity contribution in [2.45, 2.75) is 76.9 Å². The molecule has 8 heteroatoms. The van der Waals surface area contributed by atoms with Gasteiger partial charge in [-0.3, -0.25) is 9.59 Å². The average molecular weight is 503 g/mol. The zero-order valence-electron chi connectivity index (χ0n) is 20.3. The molecule has 1 aliphatic heterocycles. The third kappa shape index (κ3) is 5.47. The Bertz CT molecular complexity index is 1020.